The van der Waals surface area contributed by atoms with Crippen molar-refractivity contribution in [2.24, 2.45) is 0 Å². The molecule has 0 saturated carbocycles. The number of sulfonamides is 1. The van der Waals surface area contributed by atoms with E-state index in [0.717, 1.165) is 82.0 Å². The minimum absolute atomic E-state index is 0.174. The highest BCUT2D eigenvalue weighted by Gasteiger charge is 2.18. The monoisotopic (exact) mass is 627 g/mol. The van der Waals surface area contributed by atoms with Crippen molar-refractivity contribution in [2.45, 2.75) is 83.0 Å². The number of carbonyl (C=O) groups is 1. The highest BCUT2D eigenvalue weighted by Crippen LogP contribution is 2.32. The second kappa shape index (κ2) is 15.4. The zero-order valence-corrected chi connectivity index (χ0v) is 26.6. The van der Waals surface area contributed by atoms with Crippen LogP contribution in [0.5, 0.6) is 0 Å². The Morgan fingerprint density at radius 2 is 1.60 bits per heavy atom. The van der Waals surface area contributed by atoms with Gasteiger partial charge in [0.15, 0.2) is 0 Å². The number of nitrogens with zero attached hydrogens (tertiary/aromatic N) is 2. The van der Waals surface area contributed by atoms with Gasteiger partial charge >= 0.3 is 11.6 Å². The van der Waals surface area contributed by atoms with Crippen molar-refractivity contribution in [3.05, 3.63) is 52.9 Å². The number of rotatable bonds is 18. The van der Waals surface area contributed by atoms with Gasteiger partial charge in [-0.05, 0) is 63.1 Å². The SMILES string of the molecule is CCN(CC)c1ccc2cc(-c3nc4ccc(S(=O)(=O)NCCCCCCCCCCCC(=O)O)cc4s3)c(=O)oc2c1. The van der Waals surface area contributed by atoms with E-state index in [4.69, 9.17) is 9.52 Å². The highest BCUT2D eigenvalue weighted by atomic mass is 32.2. The maximum absolute atomic E-state index is 12.9. The first-order chi connectivity index (χ1) is 20.7. The van der Waals surface area contributed by atoms with E-state index in [1.807, 2.05) is 18.2 Å². The lowest BCUT2D eigenvalue weighted by Crippen LogP contribution is -2.24. The van der Waals surface area contributed by atoms with Gasteiger partial charge in [-0.1, -0.05) is 44.9 Å². The molecule has 0 aliphatic heterocycles. The van der Waals surface area contributed by atoms with Crippen LogP contribution in [0, 0.1) is 0 Å². The molecule has 0 bridgehead atoms. The molecule has 4 aromatic rings. The Hall–Kier alpha value is -3.28. The number of thiazole rings is 1. The zero-order valence-electron chi connectivity index (χ0n) is 24.9. The Labute approximate surface area is 257 Å². The molecule has 0 aliphatic rings. The van der Waals surface area contributed by atoms with Crippen LogP contribution in [-0.4, -0.2) is 44.1 Å². The lowest BCUT2D eigenvalue weighted by molar-refractivity contribution is -0.137. The quantitative estimate of drug-likeness (QED) is 0.0877. The lowest BCUT2D eigenvalue weighted by Gasteiger charge is -2.20. The predicted octanol–water partition coefficient (Wildman–Crippen LogP) is 7.18. The highest BCUT2D eigenvalue weighted by molar-refractivity contribution is 7.89. The molecule has 0 amide bonds. The summed E-state index contributed by atoms with van der Waals surface area (Å²) in [5, 5.41) is 9.94. The first kappa shape index (κ1) is 32.6. The first-order valence-electron chi connectivity index (χ1n) is 15.2. The Bertz CT molecular complexity index is 1690. The summed E-state index contributed by atoms with van der Waals surface area (Å²) < 4.78 is 34.9. The van der Waals surface area contributed by atoms with Crippen LogP contribution in [0.4, 0.5) is 5.69 Å². The number of fused-ring (bicyclic) bond motifs is 2. The topological polar surface area (TPSA) is 130 Å². The van der Waals surface area contributed by atoms with Crippen LogP contribution in [0.2, 0.25) is 0 Å². The molecule has 0 atom stereocenters. The van der Waals surface area contributed by atoms with E-state index >= 15 is 0 Å². The van der Waals surface area contributed by atoms with Gasteiger partial charge in [-0.15, -0.1) is 11.3 Å². The Morgan fingerprint density at radius 1 is 0.930 bits per heavy atom. The second-order valence-corrected chi connectivity index (χ2v) is 13.5. The molecule has 2 aromatic heterocycles. The summed E-state index contributed by atoms with van der Waals surface area (Å²) in [7, 11) is -3.67. The van der Waals surface area contributed by atoms with E-state index in [1.54, 1.807) is 24.3 Å². The number of carboxylic acid groups (broad SMARTS) is 1. The molecule has 0 aliphatic carbocycles. The van der Waals surface area contributed by atoms with Gasteiger partial charge in [0, 0.05) is 43.2 Å². The fourth-order valence-corrected chi connectivity index (χ4v) is 7.33. The van der Waals surface area contributed by atoms with Gasteiger partial charge < -0.3 is 14.4 Å². The van der Waals surface area contributed by atoms with Gasteiger partial charge in [-0.25, -0.2) is 22.9 Å². The Morgan fingerprint density at radius 3 is 2.28 bits per heavy atom. The molecule has 0 unspecified atom stereocenters. The summed E-state index contributed by atoms with van der Waals surface area (Å²) in [4.78, 5) is 30.4. The normalized spacial score (nSPS) is 11.9. The average molecular weight is 628 g/mol. The van der Waals surface area contributed by atoms with Crippen molar-refractivity contribution in [1.82, 2.24) is 9.71 Å². The maximum atomic E-state index is 12.9. The van der Waals surface area contributed by atoms with E-state index in [0.29, 0.717) is 32.9 Å². The molecule has 43 heavy (non-hydrogen) atoms. The number of nitrogens with one attached hydrogen (secondary N) is 1. The van der Waals surface area contributed by atoms with Crippen molar-refractivity contribution in [1.29, 1.82) is 0 Å². The number of anilines is 1. The van der Waals surface area contributed by atoms with E-state index in [1.165, 1.54) is 11.3 Å². The van der Waals surface area contributed by atoms with Gasteiger partial charge in [0.05, 0.1) is 20.7 Å². The number of aromatic nitrogens is 1. The largest absolute Gasteiger partial charge is 0.481 e. The summed E-state index contributed by atoms with van der Waals surface area (Å²) in [5.41, 5.74) is 2.01. The second-order valence-electron chi connectivity index (χ2n) is 10.7. The first-order valence-corrected chi connectivity index (χ1v) is 17.5. The molecule has 232 valence electrons. The molecular formula is C32H41N3O6S2. The summed E-state index contributed by atoms with van der Waals surface area (Å²) in [6.45, 7) is 6.23. The van der Waals surface area contributed by atoms with Gasteiger partial charge in [0.2, 0.25) is 10.0 Å². The average Bonchev–Trinajstić information content (AvgIpc) is 3.41. The van der Waals surface area contributed by atoms with Crippen LogP contribution < -0.4 is 15.2 Å². The van der Waals surface area contributed by atoms with Crippen LogP contribution in [0.3, 0.4) is 0 Å². The fourth-order valence-electron chi connectivity index (χ4n) is 5.15. The lowest BCUT2D eigenvalue weighted by atomic mass is 10.1. The third-order valence-corrected chi connectivity index (χ3v) is 10.1. The van der Waals surface area contributed by atoms with E-state index < -0.39 is 21.6 Å². The zero-order chi connectivity index (χ0) is 30.8. The van der Waals surface area contributed by atoms with Gasteiger partial charge in [0.25, 0.3) is 0 Å². The summed E-state index contributed by atoms with van der Waals surface area (Å²) in [6, 6.07) is 12.4. The summed E-state index contributed by atoms with van der Waals surface area (Å²) in [5.74, 6) is -0.731. The Kier molecular flexibility index (Phi) is 11.7. The molecule has 2 aromatic carbocycles. The number of carboxylic acids is 1. The van der Waals surface area contributed by atoms with Gasteiger partial charge in [0.1, 0.15) is 10.6 Å². The van der Waals surface area contributed by atoms with Crippen molar-refractivity contribution < 1.29 is 22.7 Å². The molecular weight excluding hydrogens is 587 g/mol. The van der Waals surface area contributed by atoms with E-state index in [-0.39, 0.29) is 11.3 Å². The fraction of sp³-hybridized carbons (Fsp3) is 0.469. The van der Waals surface area contributed by atoms with Crippen LogP contribution in [0.15, 0.2) is 56.6 Å². The van der Waals surface area contributed by atoms with Crippen molar-refractivity contribution >= 4 is 54.2 Å². The van der Waals surface area contributed by atoms with Gasteiger partial charge in [-0.2, -0.15) is 0 Å². The molecule has 0 fully saturated rings. The molecule has 0 saturated heterocycles. The summed E-state index contributed by atoms with van der Waals surface area (Å²) in [6.07, 6.45) is 9.10. The van der Waals surface area contributed by atoms with E-state index in [2.05, 4.69) is 28.5 Å². The predicted molar refractivity (Wildman–Crippen MR) is 174 cm³/mol. The van der Waals surface area contributed by atoms with E-state index in [9.17, 15) is 18.0 Å². The van der Waals surface area contributed by atoms with Crippen LogP contribution >= 0.6 is 11.3 Å². The van der Waals surface area contributed by atoms with Crippen LogP contribution in [0.25, 0.3) is 31.8 Å². The molecule has 2 heterocycles. The Balaban J connectivity index is 1.32. The molecule has 0 spiro atoms. The van der Waals surface area contributed by atoms with Crippen LogP contribution in [-0.2, 0) is 14.8 Å². The molecule has 9 nitrogen and oxygen atoms in total. The standard InChI is InChI=1S/C32H41N3O6S2/c1-3-35(4-2)24-16-15-23-20-26(32(38)41-28(23)21-24)31-34-27-18-17-25(22-29(27)42-31)43(39,40)33-19-13-11-9-7-5-6-8-10-12-14-30(36)37/h15-18,20-22,33H,3-14,19H2,1-2H3,(H,36,37). The minimum Gasteiger partial charge on any atom is -0.481 e. The molecule has 11 heteroatoms. The number of aliphatic carboxylic acids is 1. The smallest absolute Gasteiger partial charge is 0.346 e. The van der Waals surface area contributed by atoms with Gasteiger partial charge in [-0.3, -0.25) is 4.79 Å². The summed E-state index contributed by atoms with van der Waals surface area (Å²) >= 11 is 1.27. The minimum atomic E-state index is -3.67. The van der Waals surface area contributed by atoms with Crippen LogP contribution in [0.1, 0.15) is 78.1 Å². The third-order valence-electron chi connectivity index (χ3n) is 7.61. The van der Waals surface area contributed by atoms with Crippen molar-refractivity contribution in [3.63, 3.8) is 0 Å². The number of unbranched alkanes of at least 4 members (excludes halogenated alkanes) is 8. The van der Waals surface area contributed by atoms with Crippen molar-refractivity contribution in [3.8, 4) is 10.6 Å². The number of benzene rings is 2. The molecule has 4 rings (SSSR count). The maximum Gasteiger partial charge on any atom is 0.346 e. The third kappa shape index (κ3) is 8.87. The molecule has 2 N–H and O–H groups in total. The molecule has 0 radical (unpaired) electrons. The number of hydrogen-bond donors (Lipinski definition) is 2. The number of hydrogen-bond acceptors (Lipinski definition) is 8. The van der Waals surface area contributed by atoms with Crippen molar-refractivity contribution in [2.75, 3.05) is 24.5 Å².